The fourth-order valence-electron chi connectivity index (χ4n) is 3.16. The minimum absolute atomic E-state index is 0.155. The van der Waals surface area contributed by atoms with Crippen molar-refractivity contribution in [1.82, 2.24) is 0 Å². The van der Waals surface area contributed by atoms with Crippen molar-refractivity contribution in [3.63, 3.8) is 0 Å². The van der Waals surface area contributed by atoms with Crippen molar-refractivity contribution in [2.24, 2.45) is 0 Å². The Bertz CT molecular complexity index is 996. The van der Waals surface area contributed by atoms with Gasteiger partial charge in [-0.25, -0.2) is 4.79 Å². The minimum atomic E-state index is -4.33. The van der Waals surface area contributed by atoms with Gasteiger partial charge in [0.2, 0.25) is 0 Å². The SMILES string of the molecule is CCCO[C@H]1O[C@@H](C)[C@H](O)[C@@H](OC(=O)c2ccccc2)[C@H]1OS(=O)(=O)c1ccc(Cl)cc1. The summed E-state index contributed by atoms with van der Waals surface area (Å²) in [5.41, 5.74) is 0.240. The van der Waals surface area contributed by atoms with Gasteiger partial charge in [-0.05, 0) is 49.7 Å². The molecule has 1 fully saturated rings. The predicted octanol–water partition coefficient (Wildman–Crippen LogP) is 3.17. The standard InChI is InChI=1S/C22H25ClO8S/c1-3-13-28-22-20(31-32(26,27)17-11-9-16(23)10-12-17)19(18(24)14(2)29-22)30-21(25)15-7-5-4-6-8-15/h4-12,14,18-20,22,24H,3,13H2,1-2H3/t14-,18-,19+,20+,22-/m0/s1. The van der Waals surface area contributed by atoms with Gasteiger partial charge in [-0.3, -0.25) is 4.18 Å². The Kier molecular flexibility index (Phi) is 8.26. The molecule has 3 rings (SSSR count). The van der Waals surface area contributed by atoms with Gasteiger partial charge in [-0.1, -0.05) is 36.7 Å². The maximum absolute atomic E-state index is 12.9. The number of aliphatic hydroxyl groups is 1. The summed E-state index contributed by atoms with van der Waals surface area (Å²) in [6, 6.07) is 13.5. The highest BCUT2D eigenvalue weighted by Crippen LogP contribution is 2.30. The number of rotatable bonds is 8. The Morgan fingerprint density at radius 2 is 1.75 bits per heavy atom. The second kappa shape index (κ2) is 10.7. The van der Waals surface area contributed by atoms with Crippen molar-refractivity contribution in [3.8, 4) is 0 Å². The molecule has 0 aromatic heterocycles. The molecule has 10 heteroatoms. The van der Waals surface area contributed by atoms with Crippen molar-refractivity contribution in [3.05, 3.63) is 65.2 Å². The van der Waals surface area contributed by atoms with Gasteiger partial charge in [0.05, 0.1) is 16.6 Å². The average molecular weight is 485 g/mol. The van der Waals surface area contributed by atoms with Crippen LogP contribution >= 0.6 is 11.6 Å². The van der Waals surface area contributed by atoms with E-state index in [-0.39, 0.29) is 17.1 Å². The fraction of sp³-hybridized carbons (Fsp3) is 0.409. The van der Waals surface area contributed by atoms with Crippen LogP contribution in [0.1, 0.15) is 30.6 Å². The molecule has 0 spiro atoms. The van der Waals surface area contributed by atoms with E-state index in [1.54, 1.807) is 37.3 Å². The van der Waals surface area contributed by atoms with Crippen LogP contribution in [0.2, 0.25) is 5.02 Å². The van der Waals surface area contributed by atoms with E-state index in [1.807, 2.05) is 6.92 Å². The first-order valence-electron chi connectivity index (χ1n) is 10.1. The molecule has 0 aliphatic carbocycles. The molecule has 0 saturated carbocycles. The van der Waals surface area contributed by atoms with Crippen LogP contribution in [-0.4, -0.2) is 56.8 Å². The van der Waals surface area contributed by atoms with Crippen LogP contribution < -0.4 is 0 Å². The zero-order valence-electron chi connectivity index (χ0n) is 17.6. The highest BCUT2D eigenvalue weighted by atomic mass is 35.5. The summed E-state index contributed by atoms with van der Waals surface area (Å²) in [5.74, 6) is -0.740. The van der Waals surface area contributed by atoms with Gasteiger partial charge in [0.1, 0.15) is 6.10 Å². The third-order valence-electron chi connectivity index (χ3n) is 4.84. The highest BCUT2D eigenvalue weighted by Gasteiger charge is 2.49. The van der Waals surface area contributed by atoms with Gasteiger partial charge in [-0.15, -0.1) is 0 Å². The van der Waals surface area contributed by atoms with E-state index in [0.29, 0.717) is 11.4 Å². The van der Waals surface area contributed by atoms with E-state index in [9.17, 15) is 18.3 Å². The first-order valence-corrected chi connectivity index (χ1v) is 11.9. The van der Waals surface area contributed by atoms with Crippen LogP contribution in [0.15, 0.2) is 59.5 Å². The van der Waals surface area contributed by atoms with E-state index >= 15 is 0 Å². The van der Waals surface area contributed by atoms with E-state index in [2.05, 4.69) is 0 Å². The van der Waals surface area contributed by atoms with E-state index < -0.39 is 46.8 Å². The molecular weight excluding hydrogens is 460 g/mol. The summed E-state index contributed by atoms with van der Waals surface area (Å²) in [4.78, 5) is 12.5. The van der Waals surface area contributed by atoms with Crippen LogP contribution in [0, 0.1) is 0 Å². The van der Waals surface area contributed by atoms with E-state index in [4.69, 9.17) is 30.0 Å². The lowest BCUT2D eigenvalue weighted by Gasteiger charge is -2.42. The number of carbonyl (C=O) groups excluding carboxylic acids is 1. The number of hydrogen-bond donors (Lipinski definition) is 1. The smallest absolute Gasteiger partial charge is 0.338 e. The number of halogens is 1. The maximum Gasteiger partial charge on any atom is 0.338 e. The molecule has 0 unspecified atom stereocenters. The Morgan fingerprint density at radius 1 is 1.09 bits per heavy atom. The average Bonchev–Trinajstić information content (AvgIpc) is 2.78. The monoisotopic (exact) mass is 484 g/mol. The zero-order chi connectivity index (χ0) is 23.3. The first kappa shape index (κ1) is 24.6. The summed E-state index contributed by atoms with van der Waals surface area (Å²) in [5, 5.41) is 11.1. The lowest BCUT2D eigenvalue weighted by molar-refractivity contribution is -0.285. The van der Waals surface area contributed by atoms with Gasteiger partial charge < -0.3 is 19.3 Å². The van der Waals surface area contributed by atoms with Crippen LogP contribution in [0.25, 0.3) is 0 Å². The summed E-state index contributed by atoms with van der Waals surface area (Å²) >= 11 is 5.84. The van der Waals surface area contributed by atoms with Gasteiger partial charge >= 0.3 is 5.97 Å². The van der Waals surface area contributed by atoms with Gasteiger partial charge in [0.15, 0.2) is 18.5 Å². The van der Waals surface area contributed by atoms with Gasteiger partial charge in [0.25, 0.3) is 10.1 Å². The molecule has 0 amide bonds. The topological polar surface area (TPSA) is 108 Å². The lowest BCUT2D eigenvalue weighted by atomic mass is 9.99. The van der Waals surface area contributed by atoms with Crippen molar-refractivity contribution in [2.45, 2.75) is 55.9 Å². The molecule has 1 heterocycles. The van der Waals surface area contributed by atoms with Crippen LogP contribution in [0.3, 0.4) is 0 Å². The molecule has 5 atom stereocenters. The maximum atomic E-state index is 12.9. The lowest BCUT2D eigenvalue weighted by Crippen LogP contribution is -2.60. The third-order valence-corrected chi connectivity index (χ3v) is 6.41. The molecule has 32 heavy (non-hydrogen) atoms. The molecule has 0 radical (unpaired) electrons. The van der Waals surface area contributed by atoms with Crippen molar-refractivity contribution in [2.75, 3.05) is 6.61 Å². The molecule has 1 aliphatic rings. The highest BCUT2D eigenvalue weighted by molar-refractivity contribution is 7.86. The third kappa shape index (κ3) is 5.86. The summed E-state index contributed by atoms with van der Waals surface area (Å²) in [6.07, 6.45) is -5.53. The normalized spacial score (nSPS) is 25.9. The van der Waals surface area contributed by atoms with Gasteiger partial charge in [-0.2, -0.15) is 8.42 Å². The Labute approximate surface area is 192 Å². The predicted molar refractivity (Wildman–Crippen MR) is 116 cm³/mol. The van der Waals surface area contributed by atoms with Gasteiger partial charge in [0, 0.05) is 11.6 Å². The van der Waals surface area contributed by atoms with Crippen molar-refractivity contribution < 1.29 is 36.7 Å². The summed E-state index contributed by atoms with van der Waals surface area (Å²) in [7, 11) is -4.33. The molecule has 2 aromatic rings. The van der Waals surface area contributed by atoms with E-state index in [1.165, 1.54) is 24.3 Å². The van der Waals surface area contributed by atoms with Crippen molar-refractivity contribution >= 4 is 27.7 Å². The number of carbonyl (C=O) groups is 1. The van der Waals surface area contributed by atoms with E-state index in [0.717, 1.165) is 0 Å². The first-order chi connectivity index (χ1) is 15.2. The Hall–Kier alpha value is -2.01. The number of hydrogen-bond acceptors (Lipinski definition) is 8. The number of aliphatic hydroxyl groups excluding tert-OH is 1. The zero-order valence-corrected chi connectivity index (χ0v) is 19.2. The second-order valence-corrected chi connectivity index (χ2v) is 9.28. The second-order valence-electron chi connectivity index (χ2n) is 7.28. The molecule has 0 bridgehead atoms. The summed E-state index contributed by atoms with van der Waals surface area (Å²) in [6.45, 7) is 3.68. The molecule has 2 aromatic carbocycles. The number of ether oxygens (including phenoxy) is 3. The molecule has 1 aliphatic heterocycles. The largest absolute Gasteiger partial charge is 0.453 e. The summed E-state index contributed by atoms with van der Waals surface area (Å²) < 4.78 is 48.1. The quantitative estimate of drug-likeness (QED) is 0.449. The molecule has 8 nitrogen and oxygen atoms in total. The fourth-order valence-corrected chi connectivity index (χ4v) is 4.36. The Balaban J connectivity index is 1.92. The van der Waals surface area contributed by atoms with Crippen LogP contribution in [-0.2, 0) is 28.5 Å². The molecule has 174 valence electrons. The van der Waals surface area contributed by atoms with Crippen LogP contribution in [0.4, 0.5) is 0 Å². The van der Waals surface area contributed by atoms with Crippen molar-refractivity contribution in [1.29, 1.82) is 0 Å². The number of benzene rings is 2. The number of esters is 1. The molecule has 1 saturated heterocycles. The molecular formula is C22H25ClO8S. The Morgan fingerprint density at radius 3 is 2.38 bits per heavy atom. The molecule has 1 N–H and O–H groups in total. The van der Waals surface area contributed by atoms with Crippen LogP contribution in [0.5, 0.6) is 0 Å². The minimum Gasteiger partial charge on any atom is -0.453 e.